The minimum absolute atomic E-state index is 0.297. The first-order chi connectivity index (χ1) is 8.77. The van der Waals surface area contributed by atoms with Crippen molar-refractivity contribution in [3.8, 4) is 6.19 Å². The van der Waals surface area contributed by atoms with Crippen LogP contribution in [-0.2, 0) is 5.75 Å². The smallest absolute Gasteiger partial charge is 0.209 e. The van der Waals surface area contributed by atoms with E-state index in [1.54, 1.807) is 24.3 Å². The van der Waals surface area contributed by atoms with Crippen molar-refractivity contribution in [1.29, 1.82) is 10.7 Å². The fraction of sp³-hybridized carbons (Fsp3) is 0.400. The zero-order chi connectivity index (χ0) is 13.2. The Morgan fingerprint density at radius 1 is 1.78 bits per heavy atom. The van der Waals surface area contributed by atoms with E-state index in [1.807, 2.05) is 6.92 Å². The lowest BCUT2D eigenvalue weighted by Crippen LogP contribution is -2.33. The molecule has 1 aromatic heterocycles. The van der Waals surface area contributed by atoms with Crippen LogP contribution in [0.25, 0.3) is 0 Å². The zero-order valence-corrected chi connectivity index (χ0v) is 10.8. The number of aryl methyl sites for hydroxylation is 1. The van der Waals surface area contributed by atoms with Crippen molar-refractivity contribution in [3.63, 3.8) is 0 Å². The second-order valence-corrected chi connectivity index (χ2v) is 4.38. The molecule has 18 heavy (non-hydrogen) atoms. The van der Waals surface area contributed by atoms with Gasteiger partial charge in [-0.15, -0.1) is 0 Å². The molecule has 0 aromatic carbocycles. The van der Waals surface area contributed by atoms with Crippen LogP contribution in [0.15, 0.2) is 11.3 Å². The number of nitriles is 1. The number of hydrogen-bond acceptors (Lipinski definition) is 5. The number of nitrogens with zero attached hydrogens (tertiary/aromatic N) is 3. The van der Waals surface area contributed by atoms with Crippen molar-refractivity contribution < 1.29 is 0 Å². The molecule has 1 rings (SSSR count). The van der Waals surface area contributed by atoms with E-state index in [4.69, 9.17) is 10.7 Å². The van der Waals surface area contributed by atoms with Crippen molar-refractivity contribution in [2.45, 2.75) is 12.7 Å². The Labute approximate surface area is 110 Å². The highest BCUT2D eigenvalue weighted by molar-refractivity contribution is 7.98. The Morgan fingerprint density at radius 2 is 2.61 bits per heavy atom. The third-order valence-electron chi connectivity index (χ3n) is 2.07. The summed E-state index contributed by atoms with van der Waals surface area (Å²) in [6.45, 7) is 2.54. The SMILES string of the molecule is Cc1nc[nH]c1CSCC/N=C(/NC#N)NC=N. The molecule has 0 bridgehead atoms. The minimum atomic E-state index is 0.297. The van der Waals surface area contributed by atoms with Crippen LogP contribution >= 0.6 is 11.8 Å². The number of aromatic nitrogens is 2. The second-order valence-electron chi connectivity index (χ2n) is 3.27. The molecule has 0 radical (unpaired) electrons. The highest BCUT2D eigenvalue weighted by Crippen LogP contribution is 2.11. The van der Waals surface area contributed by atoms with Gasteiger partial charge in [0, 0.05) is 17.2 Å². The molecular weight excluding hydrogens is 250 g/mol. The average molecular weight is 265 g/mol. The molecule has 96 valence electrons. The molecule has 0 spiro atoms. The third kappa shape index (κ3) is 4.88. The molecule has 7 nitrogen and oxygen atoms in total. The molecule has 1 aromatic rings. The molecule has 0 aliphatic carbocycles. The third-order valence-corrected chi connectivity index (χ3v) is 3.03. The summed E-state index contributed by atoms with van der Waals surface area (Å²) in [6, 6.07) is 0. The van der Waals surface area contributed by atoms with Gasteiger partial charge in [-0.25, -0.2) is 4.98 Å². The van der Waals surface area contributed by atoms with Gasteiger partial charge in [0.1, 0.15) is 0 Å². The van der Waals surface area contributed by atoms with Crippen LogP contribution in [0.2, 0.25) is 0 Å². The Hall–Kier alpha value is -2.01. The van der Waals surface area contributed by atoms with Gasteiger partial charge in [-0.1, -0.05) is 0 Å². The Balaban J connectivity index is 2.25. The normalized spacial score (nSPS) is 10.8. The Kier molecular flexibility index (Phi) is 6.35. The molecule has 1 heterocycles. The maximum absolute atomic E-state index is 8.45. The first-order valence-corrected chi connectivity index (χ1v) is 6.45. The van der Waals surface area contributed by atoms with E-state index in [0.717, 1.165) is 29.2 Å². The second kappa shape index (κ2) is 8.14. The first kappa shape index (κ1) is 14.1. The van der Waals surface area contributed by atoms with Gasteiger partial charge >= 0.3 is 0 Å². The number of hydrogen-bond donors (Lipinski definition) is 4. The molecule has 0 unspecified atom stereocenters. The van der Waals surface area contributed by atoms with E-state index in [2.05, 4.69) is 25.6 Å². The van der Waals surface area contributed by atoms with Crippen LogP contribution < -0.4 is 10.6 Å². The summed E-state index contributed by atoms with van der Waals surface area (Å²) in [5.74, 6) is 1.99. The Bertz CT molecular complexity index is 445. The molecule has 0 saturated heterocycles. The summed E-state index contributed by atoms with van der Waals surface area (Å²) in [5, 5.41) is 20.2. The average Bonchev–Trinajstić information content (AvgIpc) is 2.75. The number of imidazole rings is 1. The number of aromatic amines is 1. The topological polar surface area (TPSA) is 113 Å². The lowest BCUT2D eigenvalue weighted by Gasteiger charge is -2.02. The van der Waals surface area contributed by atoms with Gasteiger partial charge in [0.2, 0.25) is 5.96 Å². The summed E-state index contributed by atoms with van der Waals surface area (Å²) >= 11 is 1.73. The quantitative estimate of drug-likeness (QED) is 0.197. The lowest BCUT2D eigenvalue weighted by molar-refractivity contribution is 1.06. The molecule has 4 N–H and O–H groups in total. The summed E-state index contributed by atoms with van der Waals surface area (Å²) < 4.78 is 0. The lowest BCUT2D eigenvalue weighted by atomic mass is 10.4. The summed E-state index contributed by atoms with van der Waals surface area (Å²) in [6.07, 6.45) is 4.42. The van der Waals surface area contributed by atoms with Crippen molar-refractivity contribution in [1.82, 2.24) is 20.6 Å². The van der Waals surface area contributed by atoms with Gasteiger partial charge in [0.25, 0.3) is 0 Å². The summed E-state index contributed by atoms with van der Waals surface area (Å²) in [7, 11) is 0. The van der Waals surface area contributed by atoms with Crippen LogP contribution in [0.3, 0.4) is 0 Å². The first-order valence-electron chi connectivity index (χ1n) is 5.29. The van der Waals surface area contributed by atoms with Gasteiger partial charge in [-0.2, -0.15) is 17.0 Å². The van der Waals surface area contributed by atoms with Crippen LogP contribution in [0, 0.1) is 23.8 Å². The predicted octanol–water partition coefficient (Wildman–Crippen LogP) is 0.575. The standard InChI is InChI=1S/C10H15N7S/c1-8-9(17-7-16-8)4-18-3-2-13-10(14-5-11)15-6-12/h5,7H,2-4H2,1H3,(H,16,17)(H3,11,13,14,15). The van der Waals surface area contributed by atoms with Crippen LogP contribution in [0.1, 0.15) is 11.4 Å². The fourth-order valence-corrected chi connectivity index (χ4v) is 2.04. The minimum Gasteiger partial charge on any atom is -0.348 e. The van der Waals surface area contributed by atoms with Gasteiger partial charge in [0.05, 0.1) is 24.9 Å². The van der Waals surface area contributed by atoms with Gasteiger partial charge in [-0.05, 0) is 6.92 Å². The van der Waals surface area contributed by atoms with E-state index in [1.165, 1.54) is 0 Å². The highest BCUT2D eigenvalue weighted by Gasteiger charge is 2.00. The number of thioether (sulfide) groups is 1. The van der Waals surface area contributed by atoms with Crippen molar-refractivity contribution >= 4 is 24.1 Å². The van der Waals surface area contributed by atoms with E-state index >= 15 is 0 Å². The highest BCUT2D eigenvalue weighted by atomic mass is 32.2. The van der Waals surface area contributed by atoms with Crippen molar-refractivity contribution in [2.24, 2.45) is 4.99 Å². The maximum Gasteiger partial charge on any atom is 0.209 e. The van der Waals surface area contributed by atoms with Crippen LogP contribution in [-0.4, -0.2) is 34.6 Å². The molecule has 0 aliphatic rings. The molecule has 0 amide bonds. The summed E-state index contributed by atoms with van der Waals surface area (Å²) in [5.41, 5.74) is 2.14. The number of aliphatic imine (C=N–C) groups is 1. The molecule has 8 heteroatoms. The van der Waals surface area contributed by atoms with Crippen molar-refractivity contribution in [3.05, 3.63) is 17.7 Å². The molecule has 0 aliphatic heterocycles. The van der Waals surface area contributed by atoms with Gasteiger partial charge in [-0.3, -0.25) is 15.7 Å². The number of rotatable bonds is 6. The Morgan fingerprint density at radius 3 is 3.22 bits per heavy atom. The van der Waals surface area contributed by atoms with Crippen LogP contribution in [0.4, 0.5) is 0 Å². The number of guanidine groups is 1. The molecule has 0 fully saturated rings. The summed E-state index contributed by atoms with van der Waals surface area (Å²) in [4.78, 5) is 11.3. The van der Waals surface area contributed by atoms with Gasteiger partial charge in [0.15, 0.2) is 6.19 Å². The number of H-pyrrole nitrogens is 1. The van der Waals surface area contributed by atoms with E-state index < -0.39 is 0 Å². The van der Waals surface area contributed by atoms with Crippen molar-refractivity contribution in [2.75, 3.05) is 12.3 Å². The van der Waals surface area contributed by atoms with E-state index in [-0.39, 0.29) is 0 Å². The van der Waals surface area contributed by atoms with Gasteiger partial charge < -0.3 is 10.3 Å². The zero-order valence-electron chi connectivity index (χ0n) is 10.0. The van der Waals surface area contributed by atoms with E-state index in [0.29, 0.717) is 12.5 Å². The predicted molar refractivity (Wildman–Crippen MR) is 72.5 cm³/mol. The maximum atomic E-state index is 8.45. The van der Waals surface area contributed by atoms with Crippen LogP contribution in [0.5, 0.6) is 0 Å². The molecular formula is C10H15N7S. The fourth-order valence-electron chi connectivity index (χ4n) is 1.17. The molecule has 0 saturated carbocycles. The monoisotopic (exact) mass is 265 g/mol. The van der Waals surface area contributed by atoms with E-state index in [9.17, 15) is 0 Å². The molecule has 0 atom stereocenters. The largest absolute Gasteiger partial charge is 0.348 e. The number of nitrogens with one attached hydrogen (secondary N) is 4.